The first-order valence-electron chi connectivity index (χ1n) is 8.44. The Labute approximate surface area is 160 Å². The highest BCUT2D eigenvalue weighted by atomic mass is 16.2. The third-order valence-corrected chi connectivity index (χ3v) is 4.03. The Morgan fingerprint density at radius 1 is 1.18 bits per heavy atom. The summed E-state index contributed by atoms with van der Waals surface area (Å²) < 4.78 is 1.46. The lowest BCUT2D eigenvalue weighted by Crippen LogP contribution is -2.47. The zero-order valence-corrected chi connectivity index (χ0v) is 15.1. The molecular weight excluding hydrogens is 360 g/mol. The van der Waals surface area contributed by atoms with Crippen molar-refractivity contribution < 1.29 is 14.4 Å². The van der Waals surface area contributed by atoms with Crippen molar-refractivity contribution in [2.45, 2.75) is 12.5 Å². The van der Waals surface area contributed by atoms with Crippen LogP contribution in [0.15, 0.2) is 55.1 Å². The number of ketones is 1. The van der Waals surface area contributed by atoms with Gasteiger partial charge in [0.1, 0.15) is 17.4 Å². The molecule has 0 saturated carbocycles. The monoisotopic (exact) mass is 378 g/mol. The fraction of sp³-hybridized carbons (Fsp3) is 0.158. The Hall–Kier alpha value is -3.88. The lowest BCUT2D eigenvalue weighted by molar-refractivity contribution is -0.137. The van der Waals surface area contributed by atoms with Gasteiger partial charge in [0.25, 0.3) is 11.8 Å². The largest absolute Gasteiger partial charge is 0.363 e. The van der Waals surface area contributed by atoms with Gasteiger partial charge < -0.3 is 11.1 Å². The van der Waals surface area contributed by atoms with Gasteiger partial charge in [-0.1, -0.05) is 30.3 Å². The molecule has 9 nitrogen and oxygen atoms in total. The molecule has 0 bridgehead atoms. The molecular formula is C19H18N6O3. The molecule has 1 aromatic carbocycles. The number of carbonyl (C=O) groups excluding carboxylic acids is 3. The van der Waals surface area contributed by atoms with Crippen LogP contribution in [0.3, 0.4) is 0 Å². The number of primary amides is 1. The van der Waals surface area contributed by atoms with Gasteiger partial charge in [0.05, 0.1) is 11.8 Å². The summed E-state index contributed by atoms with van der Waals surface area (Å²) in [6.07, 6.45) is 6.12. The number of hydrogen-bond donors (Lipinski definition) is 2. The molecule has 3 aromatic rings. The summed E-state index contributed by atoms with van der Waals surface area (Å²) >= 11 is 0. The van der Waals surface area contributed by atoms with E-state index in [4.69, 9.17) is 5.73 Å². The SMILES string of the molecule is Cn1cc(C(=O)NC(Cc2ccccc2)C(=O)C(N)=O)c(-c2cnccn2)n1. The molecule has 28 heavy (non-hydrogen) atoms. The number of amides is 2. The summed E-state index contributed by atoms with van der Waals surface area (Å²) in [4.78, 5) is 44.7. The van der Waals surface area contributed by atoms with Crippen molar-refractivity contribution >= 4 is 17.6 Å². The van der Waals surface area contributed by atoms with Gasteiger partial charge in [-0.3, -0.25) is 29.0 Å². The van der Waals surface area contributed by atoms with Gasteiger partial charge in [0.2, 0.25) is 5.78 Å². The Balaban J connectivity index is 1.88. The predicted molar refractivity (Wildman–Crippen MR) is 99.8 cm³/mol. The summed E-state index contributed by atoms with van der Waals surface area (Å²) in [6.45, 7) is 0. The van der Waals surface area contributed by atoms with Crippen molar-refractivity contribution in [3.8, 4) is 11.4 Å². The van der Waals surface area contributed by atoms with E-state index in [9.17, 15) is 14.4 Å². The van der Waals surface area contributed by atoms with Gasteiger partial charge in [-0.2, -0.15) is 5.10 Å². The van der Waals surface area contributed by atoms with E-state index in [-0.39, 0.29) is 12.0 Å². The van der Waals surface area contributed by atoms with Crippen LogP contribution in [-0.2, 0) is 23.1 Å². The normalized spacial score (nSPS) is 11.6. The maximum atomic E-state index is 12.9. The van der Waals surface area contributed by atoms with E-state index in [0.717, 1.165) is 5.56 Å². The van der Waals surface area contributed by atoms with Crippen LogP contribution in [0.5, 0.6) is 0 Å². The highest BCUT2D eigenvalue weighted by Crippen LogP contribution is 2.19. The smallest absolute Gasteiger partial charge is 0.287 e. The van der Waals surface area contributed by atoms with Crippen LogP contribution in [0.4, 0.5) is 0 Å². The Morgan fingerprint density at radius 2 is 1.93 bits per heavy atom. The van der Waals surface area contributed by atoms with E-state index < -0.39 is 23.6 Å². The number of benzene rings is 1. The van der Waals surface area contributed by atoms with E-state index in [1.165, 1.54) is 29.5 Å². The quantitative estimate of drug-likeness (QED) is 0.567. The van der Waals surface area contributed by atoms with Crippen molar-refractivity contribution in [2.24, 2.45) is 12.8 Å². The Bertz CT molecular complexity index is 1000. The number of carbonyl (C=O) groups is 3. The number of nitrogens with two attached hydrogens (primary N) is 1. The van der Waals surface area contributed by atoms with Gasteiger partial charge in [-0.25, -0.2) is 0 Å². The minimum atomic E-state index is -1.11. The van der Waals surface area contributed by atoms with Crippen LogP contribution in [-0.4, -0.2) is 43.4 Å². The fourth-order valence-electron chi connectivity index (χ4n) is 2.73. The molecule has 0 fully saturated rings. The summed E-state index contributed by atoms with van der Waals surface area (Å²) in [6, 6.07) is 7.93. The molecule has 0 aliphatic carbocycles. The zero-order chi connectivity index (χ0) is 20.1. The van der Waals surface area contributed by atoms with Crippen LogP contribution < -0.4 is 11.1 Å². The van der Waals surface area contributed by atoms with Gasteiger partial charge in [0.15, 0.2) is 0 Å². The number of rotatable bonds is 7. The average Bonchev–Trinajstić information content (AvgIpc) is 3.10. The molecule has 2 amide bonds. The maximum Gasteiger partial charge on any atom is 0.287 e. The molecule has 0 aliphatic rings. The first-order chi connectivity index (χ1) is 13.5. The molecule has 142 valence electrons. The number of nitrogens with zero attached hydrogens (tertiary/aromatic N) is 4. The highest BCUT2D eigenvalue weighted by Gasteiger charge is 2.28. The van der Waals surface area contributed by atoms with Crippen LogP contribution in [0.25, 0.3) is 11.4 Å². The predicted octanol–water partition coefficient (Wildman–Crippen LogP) is 0.273. The molecule has 2 aromatic heterocycles. The third-order valence-electron chi connectivity index (χ3n) is 4.03. The molecule has 0 radical (unpaired) electrons. The molecule has 3 rings (SSSR count). The third kappa shape index (κ3) is 4.26. The number of aryl methyl sites for hydroxylation is 1. The molecule has 0 aliphatic heterocycles. The van der Waals surface area contributed by atoms with Gasteiger partial charge in [-0.15, -0.1) is 0 Å². The maximum absolute atomic E-state index is 12.9. The van der Waals surface area contributed by atoms with E-state index in [0.29, 0.717) is 11.4 Å². The first-order valence-corrected chi connectivity index (χ1v) is 8.44. The Morgan fingerprint density at radius 3 is 2.57 bits per heavy atom. The zero-order valence-electron chi connectivity index (χ0n) is 15.1. The first kappa shape index (κ1) is 18.9. The van der Waals surface area contributed by atoms with Crippen LogP contribution in [0, 0.1) is 0 Å². The van der Waals surface area contributed by atoms with Crippen LogP contribution in [0.2, 0.25) is 0 Å². The lowest BCUT2D eigenvalue weighted by atomic mass is 10.0. The van der Waals surface area contributed by atoms with Crippen molar-refractivity contribution in [3.63, 3.8) is 0 Å². The van der Waals surface area contributed by atoms with E-state index in [1.54, 1.807) is 31.3 Å². The Kier molecular flexibility index (Phi) is 5.54. The van der Waals surface area contributed by atoms with E-state index in [1.807, 2.05) is 6.07 Å². The second-order valence-corrected chi connectivity index (χ2v) is 6.10. The standard InChI is InChI=1S/C19H18N6O3/c1-25-11-13(16(24-25)15-10-21-7-8-22-15)19(28)23-14(17(26)18(20)27)9-12-5-3-2-4-6-12/h2-8,10-11,14H,9H2,1H3,(H2,20,27)(H,23,28). The summed E-state index contributed by atoms with van der Waals surface area (Å²) in [5.41, 5.74) is 6.87. The number of nitrogens with one attached hydrogen (secondary N) is 1. The molecule has 1 atom stereocenters. The molecule has 0 saturated heterocycles. The lowest BCUT2D eigenvalue weighted by Gasteiger charge is -2.16. The second-order valence-electron chi connectivity index (χ2n) is 6.10. The van der Waals surface area contributed by atoms with Crippen LogP contribution in [0.1, 0.15) is 15.9 Å². The molecule has 1 unspecified atom stereocenters. The van der Waals surface area contributed by atoms with Gasteiger partial charge in [-0.05, 0) is 5.56 Å². The number of hydrogen-bond acceptors (Lipinski definition) is 6. The molecule has 9 heteroatoms. The van der Waals surface area contributed by atoms with E-state index >= 15 is 0 Å². The van der Waals surface area contributed by atoms with Crippen molar-refractivity contribution in [2.75, 3.05) is 0 Å². The highest BCUT2D eigenvalue weighted by molar-refractivity contribution is 6.38. The number of Topliss-reactive ketones (excluding diaryl/α,β-unsaturated/α-hetero) is 1. The van der Waals surface area contributed by atoms with Crippen molar-refractivity contribution in [1.82, 2.24) is 25.1 Å². The second kappa shape index (κ2) is 8.21. The van der Waals surface area contributed by atoms with Gasteiger partial charge >= 0.3 is 0 Å². The molecule has 2 heterocycles. The minimum absolute atomic E-state index is 0.134. The minimum Gasteiger partial charge on any atom is -0.363 e. The summed E-state index contributed by atoms with van der Waals surface area (Å²) in [5, 5.41) is 6.85. The van der Waals surface area contributed by atoms with Crippen molar-refractivity contribution in [1.29, 1.82) is 0 Å². The average molecular weight is 378 g/mol. The van der Waals surface area contributed by atoms with Gasteiger partial charge in [0, 0.05) is 32.1 Å². The molecule has 3 N–H and O–H groups in total. The summed E-state index contributed by atoms with van der Waals surface area (Å²) in [5.74, 6) is -2.55. The topological polar surface area (TPSA) is 133 Å². The summed E-state index contributed by atoms with van der Waals surface area (Å²) in [7, 11) is 1.66. The number of aromatic nitrogens is 4. The van der Waals surface area contributed by atoms with E-state index in [2.05, 4.69) is 20.4 Å². The fourth-order valence-corrected chi connectivity index (χ4v) is 2.73. The van der Waals surface area contributed by atoms with Crippen molar-refractivity contribution in [3.05, 3.63) is 66.2 Å². The molecule has 0 spiro atoms. The van der Waals surface area contributed by atoms with Crippen LogP contribution >= 0.6 is 0 Å².